The SMILES string of the molecule is CN1CCC(O)CC1.Fc1cccc(-c2c3ccc(F)c2-3)c1. The summed E-state index contributed by atoms with van der Waals surface area (Å²) in [5.74, 6) is -0.496. The molecule has 2 aliphatic carbocycles. The van der Waals surface area contributed by atoms with Gasteiger partial charge in [0, 0.05) is 24.2 Å². The molecule has 0 aromatic heterocycles. The molecular weight excluding hydrogens is 284 g/mol. The van der Waals surface area contributed by atoms with Gasteiger partial charge in [-0.3, -0.25) is 0 Å². The maximum Gasteiger partial charge on any atom is 0.131 e. The fourth-order valence-electron chi connectivity index (χ4n) is 2.80. The van der Waals surface area contributed by atoms with Crippen molar-refractivity contribution in [2.75, 3.05) is 20.1 Å². The van der Waals surface area contributed by atoms with Crippen LogP contribution in [0.15, 0.2) is 36.4 Å². The topological polar surface area (TPSA) is 23.5 Å². The van der Waals surface area contributed by atoms with Gasteiger partial charge in [0.2, 0.25) is 0 Å². The van der Waals surface area contributed by atoms with Gasteiger partial charge in [-0.15, -0.1) is 0 Å². The molecular formula is C18H19F2NO. The molecule has 1 saturated heterocycles. The molecule has 1 aromatic carbocycles. The lowest BCUT2D eigenvalue weighted by molar-refractivity contribution is 0.0943. The van der Waals surface area contributed by atoms with E-state index in [1.54, 1.807) is 18.2 Å². The Bertz CT molecular complexity index is 669. The molecule has 22 heavy (non-hydrogen) atoms. The van der Waals surface area contributed by atoms with Crippen LogP contribution in [0.2, 0.25) is 0 Å². The highest BCUT2D eigenvalue weighted by molar-refractivity contribution is 6.08. The number of likely N-dealkylation sites (tertiary alicyclic amines) is 1. The Kier molecular flexibility index (Phi) is 4.23. The van der Waals surface area contributed by atoms with Gasteiger partial charge in [-0.05, 0) is 49.2 Å². The molecule has 1 aromatic rings. The van der Waals surface area contributed by atoms with Crippen LogP contribution in [0.1, 0.15) is 12.8 Å². The van der Waals surface area contributed by atoms with E-state index < -0.39 is 0 Å². The van der Waals surface area contributed by atoms with E-state index in [0.29, 0.717) is 5.56 Å². The molecule has 0 amide bonds. The second kappa shape index (κ2) is 6.15. The fraction of sp³-hybridized carbons (Fsp3) is 0.333. The smallest absolute Gasteiger partial charge is 0.131 e. The summed E-state index contributed by atoms with van der Waals surface area (Å²) in [5.41, 5.74) is 3.17. The van der Waals surface area contributed by atoms with Crippen LogP contribution in [0.4, 0.5) is 8.78 Å². The normalized spacial score (nSPS) is 16.9. The van der Waals surface area contributed by atoms with Gasteiger partial charge >= 0.3 is 0 Å². The number of nitrogens with zero attached hydrogens (tertiary/aromatic N) is 1. The molecule has 1 aliphatic heterocycles. The lowest BCUT2D eigenvalue weighted by atomic mass is 10.1. The largest absolute Gasteiger partial charge is 0.393 e. The van der Waals surface area contributed by atoms with Crippen LogP contribution in [0.25, 0.3) is 22.3 Å². The highest BCUT2D eigenvalue weighted by atomic mass is 19.1. The van der Waals surface area contributed by atoms with Crippen LogP contribution in [0.5, 0.6) is 0 Å². The zero-order chi connectivity index (χ0) is 15.7. The van der Waals surface area contributed by atoms with Crippen LogP contribution in [-0.4, -0.2) is 36.2 Å². The molecule has 116 valence electrons. The van der Waals surface area contributed by atoms with E-state index >= 15 is 0 Å². The maximum absolute atomic E-state index is 13.1. The van der Waals surface area contributed by atoms with E-state index in [1.807, 2.05) is 0 Å². The lowest BCUT2D eigenvalue weighted by Gasteiger charge is -2.25. The second-order valence-corrected chi connectivity index (χ2v) is 5.89. The minimum atomic E-state index is -0.287. The molecule has 0 radical (unpaired) electrons. The van der Waals surface area contributed by atoms with Gasteiger partial charge < -0.3 is 10.0 Å². The predicted octanol–water partition coefficient (Wildman–Crippen LogP) is 3.69. The predicted molar refractivity (Wildman–Crippen MR) is 83.5 cm³/mol. The highest BCUT2D eigenvalue weighted by Gasteiger charge is 2.29. The van der Waals surface area contributed by atoms with Crippen molar-refractivity contribution in [3.8, 4) is 22.3 Å². The van der Waals surface area contributed by atoms with E-state index in [4.69, 9.17) is 5.11 Å². The Labute approximate surface area is 129 Å². The van der Waals surface area contributed by atoms with E-state index in [-0.39, 0.29) is 17.7 Å². The molecule has 0 bridgehead atoms. The standard InChI is InChI=1S/C12H6F2.C6H13NO/c13-8-3-1-2-7(6-8)11-9-4-5-10(14)12(9)11;1-7-4-2-6(8)3-5-7/h1-6H;6,8H,2-5H2,1H3. The van der Waals surface area contributed by atoms with Gasteiger partial charge in [0.1, 0.15) is 11.6 Å². The molecule has 1 fully saturated rings. The van der Waals surface area contributed by atoms with Crippen LogP contribution in [0, 0.1) is 11.6 Å². The molecule has 0 atom stereocenters. The summed E-state index contributed by atoms with van der Waals surface area (Å²) < 4.78 is 25.9. The van der Waals surface area contributed by atoms with E-state index in [9.17, 15) is 8.78 Å². The number of fused-ring (bicyclic) bond motifs is 1. The van der Waals surface area contributed by atoms with Gasteiger partial charge in [-0.1, -0.05) is 18.2 Å². The van der Waals surface area contributed by atoms with Crippen LogP contribution in [-0.2, 0) is 0 Å². The summed E-state index contributed by atoms with van der Waals surface area (Å²) in [6, 6.07) is 9.40. The van der Waals surface area contributed by atoms with Crippen LogP contribution in [0.3, 0.4) is 0 Å². The van der Waals surface area contributed by atoms with E-state index in [1.165, 1.54) is 18.2 Å². The first kappa shape index (κ1) is 15.1. The molecule has 0 spiro atoms. The summed E-state index contributed by atoms with van der Waals surface area (Å²) in [6.45, 7) is 2.11. The molecule has 3 aliphatic rings. The Morgan fingerprint density at radius 3 is 2.32 bits per heavy atom. The van der Waals surface area contributed by atoms with Crippen molar-refractivity contribution in [1.82, 2.24) is 4.90 Å². The average Bonchev–Trinajstić information content (AvgIpc) is 3.12. The Morgan fingerprint density at radius 2 is 1.77 bits per heavy atom. The van der Waals surface area contributed by atoms with Crippen molar-refractivity contribution in [1.29, 1.82) is 0 Å². The van der Waals surface area contributed by atoms with E-state index in [0.717, 1.165) is 42.6 Å². The molecule has 0 saturated carbocycles. The number of benzene rings is 2. The highest BCUT2D eigenvalue weighted by Crippen LogP contribution is 2.52. The molecule has 1 N–H and O–H groups in total. The van der Waals surface area contributed by atoms with Gasteiger partial charge in [-0.25, -0.2) is 8.78 Å². The quantitative estimate of drug-likeness (QED) is 0.741. The monoisotopic (exact) mass is 303 g/mol. The number of rotatable bonds is 1. The van der Waals surface area contributed by atoms with Crippen molar-refractivity contribution in [2.24, 2.45) is 0 Å². The molecule has 4 heteroatoms. The van der Waals surface area contributed by atoms with Crippen molar-refractivity contribution in [3.63, 3.8) is 0 Å². The molecule has 1 heterocycles. The Balaban J connectivity index is 0.000000154. The van der Waals surface area contributed by atoms with Gasteiger partial charge in [0.05, 0.1) is 6.10 Å². The number of halogens is 2. The summed E-state index contributed by atoms with van der Waals surface area (Å²) in [7, 11) is 2.09. The van der Waals surface area contributed by atoms with Crippen molar-refractivity contribution in [2.45, 2.75) is 18.9 Å². The van der Waals surface area contributed by atoms with Crippen LogP contribution < -0.4 is 0 Å². The number of aliphatic hydroxyl groups is 1. The summed E-state index contributed by atoms with van der Waals surface area (Å²) in [5, 5.41) is 9.00. The maximum atomic E-state index is 13.1. The zero-order valence-electron chi connectivity index (χ0n) is 12.5. The van der Waals surface area contributed by atoms with Crippen LogP contribution >= 0.6 is 0 Å². The minimum Gasteiger partial charge on any atom is -0.393 e. The first-order valence-corrected chi connectivity index (χ1v) is 7.51. The fourth-order valence-corrected chi connectivity index (χ4v) is 2.80. The summed E-state index contributed by atoms with van der Waals surface area (Å²) in [4.78, 5) is 2.24. The van der Waals surface area contributed by atoms with Gasteiger partial charge in [-0.2, -0.15) is 0 Å². The molecule has 0 unspecified atom stereocenters. The van der Waals surface area contributed by atoms with Gasteiger partial charge in [0.25, 0.3) is 0 Å². The first-order chi connectivity index (χ1) is 10.6. The van der Waals surface area contributed by atoms with Crippen molar-refractivity contribution >= 4 is 0 Å². The molecule has 4 rings (SSSR count). The number of hydrogen-bond donors (Lipinski definition) is 1. The Morgan fingerprint density at radius 1 is 1.05 bits per heavy atom. The average molecular weight is 303 g/mol. The number of piperidine rings is 1. The summed E-state index contributed by atoms with van der Waals surface area (Å²) >= 11 is 0. The van der Waals surface area contributed by atoms with E-state index in [2.05, 4.69) is 11.9 Å². The zero-order valence-corrected chi connectivity index (χ0v) is 12.5. The lowest BCUT2D eigenvalue weighted by Crippen LogP contribution is -2.32. The number of aliphatic hydroxyl groups excluding tert-OH is 1. The third kappa shape index (κ3) is 3.18. The van der Waals surface area contributed by atoms with Gasteiger partial charge in [0.15, 0.2) is 0 Å². The minimum absolute atomic E-state index is 0.0220. The van der Waals surface area contributed by atoms with Crippen molar-refractivity contribution in [3.05, 3.63) is 48.0 Å². The number of hydrogen-bond acceptors (Lipinski definition) is 2. The molecule has 2 nitrogen and oxygen atoms in total. The summed E-state index contributed by atoms with van der Waals surface area (Å²) in [6.07, 6.45) is 1.89. The first-order valence-electron chi connectivity index (χ1n) is 7.51. The van der Waals surface area contributed by atoms with Crippen molar-refractivity contribution < 1.29 is 13.9 Å². The third-order valence-electron chi connectivity index (χ3n) is 4.16. The third-order valence-corrected chi connectivity index (χ3v) is 4.16. The second-order valence-electron chi connectivity index (χ2n) is 5.89. The Hall–Kier alpha value is -1.78.